The third kappa shape index (κ3) is 3.11. The van der Waals surface area contributed by atoms with E-state index in [0.29, 0.717) is 48.6 Å². The molecule has 0 aromatic carbocycles. The summed E-state index contributed by atoms with van der Waals surface area (Å²) in [6, 6.07) is 7.13. The molecule has 2 aromatic rings. The second kappa shape index (κ2) is 6.24. The van der Waals surface area contributed by atoms with E-state index in [1.165, 1.54) is 0 Å². The molecule has 1 N–H and O–H groups in total. The molecule has 23 heavy (non-hydrogen) atoms. The average molecular weight is 314 g/mol. The Morgan fingerprint density at radius 3 is 2.57 bits per heavy atom. The quantitative estimate of drug-likeness (QED) is 0.941. The van der Waals surface area contributed by atoms with Crippen LogP contribution in [0.25, 0.3) is 11.5 Å². The smallest absolute Gasteiger partial charge is 0.306 e. The molecular formula is C17H18N2O4. The van der Waals surface area contributed by atoms with Gasteiger partial charge in [0.1, 0.15) is 5.69 Å². The highest BCUT2D eigenvalue weighted by Gasteiger charge is 2.28. The van der Waals surface area contributed by atoms with E-state index in [9.17, 15) is 9.59 Å². The number of piperidine rings is 1. The van der Waals surface area contributed by atoms with Gasteiger partial charge in [-0.2, -0.15) is 0 Å². The van der Waals surface area contributed by atoms with E-state index in [0.717, 1.165) is 0 Å². The number of aliphatic carboxylic acids is 1. The van der Waals surface area contributed by atoms with E-state index in [2.05, 4.69) is 4.98 Å². The Hall–Kier alpha value is -2.63. The molecule has 3 heterocycles. The largest absolute Gasteiger partial charge is 0.481 e. The third-order valence-corrected chi connectivity index (χ3v) is 4.22. The zero-order chi connectivity index (χ0) is 16.4. The van der Waals surface area contributed by atoms with Crippen molar-refractivity contribution in [2.24, 2.45) is 5.92 Å². The number of aromatic nitrogens is 1. The van der Waals surface area contributed by atoms with Crippen molar-refractivity contribution in [1.82, 2.24) is 9.88 Å². The molecule has 1 aliphatic heterocycles. The van der Waals surface area contributed by atoms with Crippen molar-refractivity contribution in [2.75, 3.05) is 13.1 Å². The number of carboxylic acids is 1. The van der Waals surface area contributed by atoms with Gasteiger partial charge >= 0.3 is 5.97 Å². The summed E-state index contributed by atoms with van der Waals surface area (Å²) in [5.74, 6) is -0.559. The number of likely N-dealkylation sites (tertiary alicyclic amines) is 1. The molecular weight excluding hydrogens is 296 g/mol. The minimum Gasteiger partial charge on any atom is -0.481 e. The summed E-state index contributed by atoms with van der Waals surface area (Å²) in [6.45, 7) is 2.73. The molecule has 6 heteroatoms. The van der Waals surface area contributed by atoms with Gasteiger partial charge in [-0.3, -0.25) is 9.59 Å². The highest BCUT2D eigenvalue weighted by atomic mass is 16.4. The molecule has 2 aromatic heterocycles. The van der Waals surface area contributed by atoms with Crippen molar-refractivity contribution in [1.29, 1.82) is 0 Å². The monoisotopic (exact) mass is 314 g/mol. The van der Waals surface area contributed by atoms with Crippen LogP contribution in [0.1, 0.15) is 28.9 Å². The molecule has 0 spiro atoms. The Bertz CT molecular complexity index is 716. The summed E-state index contributed by atoms with van der Waals surface area (Å²) in [4.78, 5) is 29.7. The number of pyridine rings is 1. The van der Waals surface area contributed by atoms with Crippen molar-refractivity contribution < 1.29 is 19.1 Å². The van der Waals surface area contributed by atoms with Crippen LogP contribution >= 0.6 is 0 Å². The van der Waals surface area contributed by atoms with Gasteiger partial charge in [0.25, 0.3) is 5.91 Å². The van der Waals surface area contributed by atoms with Crippen molar-refractivity contribution in [2.45, 2.75) is 19.8 Å². The normalized spacial score (nSPS) is 15.6. The lowest BCUT2D eigenvalue weighted by molar-refractivity contribution is -0.143. The maximum absolute atomic E-state index is 12.6. The number of furan rings is 1. The molecule has 0 atom stereocenters. The van der Waals surface area contributed by atoms with Crippen LogP contribution in [-0.2, 0) is 4.79 Å². The standard InChI is InChI=1S/C17H18N2O4/c1-11-13(4-5-14(18-11)15-3-2-10-23-15)16(20)19-8-6-12(7-9-19)17(21)22/h2-5,10,12H,6-9H2,1H3,(H,21,22). The van der Waals surface area contributed by atoms with Crippen molar-refractivity contribution in [3.05, 3.63) is 41.8 Å². The molecule has 0 unspecified atom stereocenters. The van der Waals surface area contributed by atoms with Crippen LogP contribution in [0.3, 0.4) is 0 Å². The Kier molecular flexibility index (Phi) is 4.14. The molecule has 6 nitrogen and oxygen atoms in total. The molecule has 0 radical (unpaired) electrons. The lowest BCUT2D eigenvalue weighted by Gasteiger charge is -2.30. The second-order valence-corrected chi connectivity index (χ2v) is 5.71. The summed E-state index contributed by atoms with van der Waals surface area (Å²) >= 11 is 0. The fourth-order valence-corrected chi connectivity index (χ4v) is 2.85. The van der Waals surface area contributed by atoms with Gasteiger partial charge in [0.2, 0.25) is 0 Å². The molecule has 1 aliphatic rings. The number of carboxylic acid groups (broad SMARTS) is 1. The van der Waals surface area contributed by atoms with Crippen LogP contribution in [0.2, 0.25) is 0 Å². The summed E-state index contributed by atoms with van der Waals surface area (Å²) in [6.07, 6.45) is 2.58. The number of carbonyl (C=O) groups is 2. The average Bonchev–Trinajstić information content (AvgIpc) is 3.08. The van der Waals surface area contributed by atoms with Crippen molar-refractivity contribution >= 4 is 11.9 Å². The molecule has 0 aliphatic carbocycles. The highest BCUT2D eigenvalue weighted by Crippen LogP contribution is 2.22. The Morgan fingerprint density at radius 1 is 1.26 bits per heavy atom. The predicted octanol–water partition coefficient (Wildman–Crippen LogP) is 2.59. The fourth-order valence-electron chi connectivity index (χ4n) is 2.85. The van der Waals surface area contributed by atoms with Gasteiger partial charge < -0.3 is 14.4 Å². The summed E-state index contributed by atoms with van der Waals surface area (Å²) in [7, 11) is 0. The van der Waals surface area contributed by atoms with Crippen LogP contribution in [0.15, 0.2) is 34.9 Å². The number of nitrogens with zero attached hydrogens (tertiary/aromatic N) is 2. The van der Waals surface area contributed by atoms with Gasteiger partial charge in [-0.1, -0.05) is 0 Å². The van der Waals surface area contributed by atoms with Gasteiger partial charge in [0, 0.05) is 13.1 Å². The zero-order valence-corrected chi connectivity index (χ0v) is 12.9. The van der Waals surface area contributed by atoms with Gasteiger partial charge in [-0.15, -0.1) is 0 Å². The van der Waals surface area contributed by atoms with E-state index >= 15 is 0 Å². The molecule has 1 fully saturated rings. The second-order valence-electron chi connectivity index (χ2n) is 5.71. The van der Waals surface area contributed by atoms with Crippen LogP contribution in [0.4, 0.5) is 0 Å². The van der Waals surface area contributed by atoms with E-state index in [1.807, 2.05) is 6.07 Å². The lowest BCUT2D eigenvalue weighted by atomic mass is 9.96. The minimum atomic E-state index is -0.780. The number of rotatable bonds is 3. The summed E-state index contributed by atoms with van der Waals surface area (Å²) in [5.41, 5.74) is 1.88. The van der Waals surface area contributed by atoms with Crippen molar-refractivity contribution in [3.8, 4) is 11.5 Å². The van der Waals surface area contributed by atoms with E-state index in [1.54, 1.807) is 36.3 Å². The molecule has 3 rings (SSSR count). The molecule has 120 valence electrons. The van der Waals surface area contributed by atoms with Crippen molar-refractivity contribution in [3.63, 3.8) is 0 Å². The van der Waals surface area contributed by atoms with Crippen LogP contribution in [0.5, 0.6) is 0 Å². The van der Waals surface area contributed by atoms with Gasteiger partial charge in [0.15, 0.2) is 5.76 Å². The van der Waals surface area contributed by atoms with Gasteiger partial charge in [-0.05, 0) is 44.0 Å². The fraction of sp³-hybridized carbons (Fsp3) is 0.353. The first-order valence-corrected chi connectivity index (χ1v) is 7.60. The first kappa shape index (κ1) is 15.3. The minimum absolute atomic E-state index is 0.0927. The Morgan fingerprint density at radius 2 is 2.00 bits per heavy atom. The maximum atomic E-state index is 12.6. The van der Waals surface area contributed by atoms with E-state index in [4.69, 9.17) is 9.52 Å². The highest BCUT2D eigenvalue weighted by molar-refractivity contribution is 5.95. The topological polar surface area (TPSA) is 83.6 Å². The Labute approximate surface area is 133 Å². The van der Waals surface area contributed by atoms with Gasteiger partial charge in [0.05, 0.1) is 23.4 Å². The van der Waals surface area contributed by atoms with Gasteiger partial charge in [-0.25, -0.2) is 4.98 Å². The summed E-state index contributed by atoms with van der Waals surface area (Å²) in [5, 5.41) is 9.02. The van der Waals surface area contributed by atoms with E-state index < -0.39 is 5.97 Å². The molecule has 0 bridgehead atoms. The van der Waals surface area contributed by atoms with Crippen LogP contribution in [0, 0.1) is 12.8 Å². The molecule has 1 amide bonds. The number of carbonyl (C=O) groups excluding carboxylic acids is 1. The number of amides is 1. The third-order valence-electron chi connectivity index (χ3n) is 4.22. The first-order chi connectivity index (χ1) is 11.1. The number of hydrogen-bond acceptors (Lipinski definition) is 4. The van der Waals surface area contributed by atoms with E-state index in [-0.39, 0.29) is 11.8 Å². The number of hydrogen-bond donors (Lipinski definition) is 1. The number of aryl methyl sites for hydroxylation is 1. The zero-order valence-electron chi connectivity index (χ0n) is 12.9. The maximum Gasteiger partial charge on any atom is 0.306 e. The first-order valence-electron chi connectivity index (χ1n) is 7.60. The molecule has 1 saturated heterocycles. The SMILES string of the molecule is Cc1nc(-c2ccco2)ccc1C(=O)N1CCC(C(=O)O)CC1. The van der Waals surface area contributed by atoms with Crippen LogP contribution < -0.4 is 0 Å². The molecule has 0 saturated carbocycles. The Balaban J connectivity index is 1.74. The van der Waals surface area contributed by atoms with Crippen LogP contribution in [-0.4, -0.2) is 40.0 Å². The summed E-state index contributed by atoms with van der Waals surface area (Å²) < 4.78 is 5.31. The lowest BCUT2D eigenvalue weighted by Crippen LogP contribution is -2.40. The predicted molar refractivity (Wildman–Crippen MR) is 82.9 cm³/mol.